The van der Waals surface area contributed by atoms with Crippen molar-refractivity contribution in [3.63, 3.8) is 0 Å². The van der Waals surface area contributed by atoms with E-state index >= 15 is 0 Å². The Kier molecular flexibility index (Phi) is 4.60. The SMILES string of the molecule is Cc1[nH]nc2cc(N(C)c3ncnc(Nc4cccc(S(N)(=O)=O)c4)n3)ccc12. The van der Waals surface area contributed by atoms with E-state index < -0.39 is 10.0 Å². The minimum absolute atomic E-state index is 0.00324. The van der Waals surface area contributed by atoms with E-state index in [0.717, 1.165) is 22.3 Å². The van der Waals surface area contributed by atoms with Gasteiger partial charge in [-0.15, -0.1) is 0 Å². The van der Waals surface area contributed by atoms with Crippen molar-refractivity contribution < 1.29 is 8.42 Å². The summed E-state index contributed by atoms with van der Waals surface area (Å²) in [5.74, 6) is 0.682. The van der Waals surface area contributed by atoms with Crippen LogP contribution in [0, 0.1) is 6.92 Å². The van der Waals surface area contributed by atoms with Gasteiger partial charge in [-0.05, 0) is 43.3 Å². The molecule has 148 valence electrons. The Bertz CT molecular complexity index is 1300. The fourth-order valence-electron chi connectivity index (χ4n) is 2.85. The molecule has 0 amide bonds. The number of aromatic nitrogens is 5. The summed E-state index contributed by atoms with van der Waals surface area (Å²) in [4.78, 5) is 14.5. The van der Waals surface area contributed by atoms with Crippen LogP contribution in [0.1, 0.15) is 5.69 Å². The van der Waals surface area contributed by atoms with Gasteiger partial charge in [-0.3, -0.25) is 5.10 Å². The molecule has 4 aromatic rings. The summed E-state index contributed by atoms with van der Waals surface area (Å²) in [6.07, 6.45) is 1.38. The third-order valence-corrected chi connectivity index (χ3v) is 5.31. The van der Waals surface area contributed by atoms with Crippen molar-refractivity contribution in [3.8, 4) is 0 Å². The highest BCUT2D eigenvalue weighted by molar-refractivity contribution is 7.89. The number of hydrogen-bond donors (Lipinski definition) is 3. The van der Waals surface area contributed by atoms with Crippen molar-refractivity contribution in [2.75, 3.05) is 17.3 Å². The van der Waals surface area contributed by atoms with Crippen LogP contribution in [0.3, 0.4) is 0 Å². The number of hydrogen-bond acceptors (Lipinski definition) is 8. The highest BCUT2D eigenvalue weighted by Gasteiger charge is 2.12. The first-order valence-corrected chi connectivity index (χ1v) is 10.1. The van der Waals surface area contributed by atoms with E-state index in [1.54, 1.807) is 17.0 Å². The molecule has 0 radical (unpaired) electrons. The number of nitrogens with one attached hydrogen (secondary N) is 2. The lowest BCUT2D eigenvalue weighted by atomic mass is 10.2. The van der Waals surface area contributed by atoms with Crippen molar-refractivity contribution in [2.45, 2.75) is 11.8 Å². The summed E-state index contributed by atoms with van der Waals surface area (Å²) in [5.41, 5.74) is 3.20. The molecule has 0 bridgehead atoms. The lowest BCUT2D eigenvalue weighted by Gasteiger charge is -2.17. The van der Waals surface area contributed by atoms with Gasteiger partial charge in [-0.25, -0.2) is 23.5 Å². The van der Waals surface area contributed by atoms with Gasteiger partial charge in [0.05, 0.1) is 10.4 Å². The predicted octanol–water partition coefficient (Wildman–Crippen LogP) is 2.22. The molecule has 0 saturated carbocycles. The molecule has 0 saturated heterocycles. The van der Waals surface area contributed by atoms with Crippen molar-refractivity contribution in [1.29, 1.82) is 0 Å². The van der Waals surface area contributed by atoms with Crippen LogP contribution in [0.5, 0.6) is 0 Å². The molecule has 11 heteroatoms. The van der Waals surface area contributed by atoms with Crippen LogP contribution in [0.15, 0.2) is 53.7 Å². The average molecular weight is 410 g/mol. The molecule has 0 atom stereocenters. The van der Waals surface area contributed by atoms with E-state index in [1.165, 1.54) is 18.5 Å². The largest absolute Gasteiger partial charge is 0.324 e. The molecule has 0 aliphatic heterocycles. The van der Waals surface area contributed by atoms with Crippen molar-refractivity contribution in [3.05, 3.63) is 54.5 Å². The maximum Gasteiger partial charge on any atom is 0.238 e. The number of nitrogens with two attached hydrogens (primary N) is 1. The first-order chi connectivity index (χ1) is 13.8. The van der Waals surface area contributed by atoms with Crippen LogP contribution in [0.25, 0.3) is 10.9 Å². The van der Waals surface area contributed by atoms with E-state index in [4.69, 9.17) is 5.14 Å². The number of anilines is 4. The van der Waals surface area contributed by atoms with Crippen molar-refractivity contribution in [2.24, 2.45) is 5.14 Å². The summed E-state index contributed by atoms with van der Waals surface area (Å²) in [6, 6.07) is 12.0. The third-order valence-electron chi connectivity index (χ3n) is 4.39. The molecule has 29 heavy (non-hydrogen) atoms. The van der Waals surface area contributed by atoms with Gasteiger partial charge in [0.25, 0.3) is 0 Å². The summed E-state index contributed by atoms with van der Waals surface area (Å²) < 4.78 is 23.1. The molecular formula is C18H18N8O2S. The third kappa shape index (κ3) is 3.86. The van der Waals surface area contributed by atoms with E-state index in [-0.39, 0.29) is 10.8 Å². The molecule has 0 spiro atoms. The summed E-state index contributed by atoms with van der Waals surface area (Å²) in [5, 5.41) is 16.4. The predicted molar refractivity (Wildman–Crippen MR) is 110 cm³/mol. The van der Waals surface area contributed by atoms with Gasteiger partial charge in [-0.2, -0.15) is 10.1 Å². The van der Waals surface area contributed by atoms with Crippen LogP contribution in [0.4, 0.5) is 23.3 Å². The summed E-state index contributed by atoms with van der Waals surface area (Å²) >= 11 is 0. The minimum Gasteiger partial charge on any atom is -0.324 e. The van der Waals surface area contributed by atoms with Gasteiger partial charge in [0, 0.05) is 29.5 Å². The molecule has 2 aromatic carbocycles. The zero-order valence-corrected chi connectivity index (χ0v) is 16.5. The Morgan fingerprint density at radius 1 is 1.14 bits per heavy atom. The molecule has 0 aliphatic carbocycles. The first kappa shape index (κ1) is 18.8. The van der Waals surface area contributed by atoms with E-state index in [0.29, 0.717) is 11.6 Å². The molecule has 0 fully saturated rings. The molecule has 2 heterocycles. The van der Waals surface area contributed by atoms with Crippen LogP contribution in [-0.2, 0) is 10.0 Å². The second-order valence-electron chi connectivity index (χ2n) is 6.42. The van der Waals surface area contributed by atoms with E-state index in [2.05, 4.69) is 30.5 Å². The number of fused-ring (bicyclic) bond motifs is 1. The number of benzene rings is 2. The molecule has 4 N–H and O–H groups in total. The maximum absolute atomic E-state index is 11.5. The van der Waals surface area contributed by atoms with Crippen molar-refractivity contribution >= 4 is 44.2 Å². The maximum atomic E-state index is 11.5. The fraction of sp³-hybridized carbons (Fsp3) is 0.111. The van der Waals surface area contributed by atoms with Gasteiger partial charge >= 0.3 is 0 Å². The average Bonchev–Trinajstić information content (AvgIpc) is 3.07. The minimum atomic E-state index is -3.80. The van der Waals surface area contributed by atoms with Crippen LogP contribution >= 0.6 is 0 Å². The standard InChI is InChI=1S/C18H18N8O2S/c1-11-15-7-6-13(9-16(15)25-24-11)26(2)18-21-10-20-17(23-18)22-12-4-3-5-14(8-12)29(19,27)28/h3-10H,1-2H3,(H,24,25)(H2,19,27,28)(H,20,21,22,23). The van der Waals surface area contributed by atoms with Crippen LogP contribution in [-0.4, -0.2) is 40.6 Å². The van der Waals surface area contributed by atoms with Gasteiger partial charge in [0.2, 0.25) is 21.9 Å². The fourth-order valence-corrected chi connectivity index (χ4v) is 3.41. The Labute approximate surface area is 166 Å². The highest BCUT2D eigenvalue weighted by atomic mass is 32.2. The Morgan fingerprint density at radius 3 is 2.76 bits per heavy atom. The normalized spacial score (nSPS) is 11.6. The molecular weight excluding hydrogens is 392 g/mol. The Hall–Kier alpha value is -3.57. The lowest BCUT2D eigenvalue weighted by Crippen LogP contribution is -2.14. The van der Waals surface area contributed by atoms with Crippen molar-refractivity contribution in [1.82, 2.24) is 25.1 Å². The highest BCUT2D eigenvalue weighted by Crippen LogP contribution is 2.26. The Morgan fingerprint density at radius 2 is 1.97 bits per heavy atom. The van der Waals surface area contributed by atoms with Gasteiger partial charge < -0.3 is 10.2 Å². The molecule has 0 aliphatic rings. The van der Waals surface area contributed by atoms with Gasteiger partial charge in [0.1, 0.15) is 6.33 Å². The van der Waals surface area contributed by atoms with Gasteiger partial charge in [-0.1, -0.05) is 6.07 Å². The zero-order valence-electron chi connectivity index (χ0n) is 15.7. The number of primary sulfonamides is 1. The molecule has 0 unspecified atom stereocenters. The second-order valence-corrected chi connectivity index (χ2v) is 7.98. The monoisotopic (exact) mass is 410 g/mol. The topological polar surface area (TPSA) is 143 Å². The summed E-state index contributed by atoms with van der Waals surface area (Å²) in [7, 11) is -1.97. The smallest absolute Gasteiger partial charge is 0.238 e. The quantitative estimate of drug-likeness (QED) is 0.454. The van der Waals surface area contributed by atoms with E-state index in [1.807, 2.05) is 32.2 Å². The number of H-pyrrole nitrogens is 1. The molecule has 10 nitrogen and oxygen atoms in total. The summed E-state index contributed by atoms with van der Waals surface area (Å²) in [6.45, 7) is 1.97. The number of sulfonamides is 1. The number of aromatic amines is 1. The Balaban J connectivity index is 1.61. The number of rotatable bonds is 5. The number of aryl methyl sites for hydroxylation is 1. The lowest BCUT2D eigenvalue weighted by molar-refractivity contribution is 0.598. The van der Waals surface area contributed by atoms with Crippen LogP contribution < -0.4 is 15.4 Å². The second kappa shape index (κ2) is 7.11. The van der Waals surface area contributed by atoms with E-state index in [9.17, 15) is 8.42 Å². The van der Waals surface area contributed by atoms with Gasteiger partial charge in [0.15, 0.2) is 0 Å². The molecule has 2 aromatic heterocycles. The first-order valence-electron chi connectivity index (χ1n) is 8.59. The zero-order chi connectivity index (χ0) is 20.6. The van der Waals surface area contributed by atoms with Crippen LogP contribution in [0.2, 0.25) is 0 Å². The number of nitrogens with zero attached hydrogens (tertiary/aromatic N) is 5. The molecule has 4 rings (SSSR count).